The summed E-state index contributed by atoms with van der Waals surface area (Å²) >= 11 is 3.43. The molecule has 22 heavy (non-hydrogen) atoms. The van der Waals surface area contributed by atoms with Crippen LogP contribution in [0.3, 0.4) is 0 Å². The first-order chi connectivity index (χ1) is 10.2. The Hall–Kier alpha value is -1.63. The zero-order valence-corrected chi connectivity index (χ0v) is 15.5. The summed E-state index contributed by atoms with van der Waals surface area (Å²) in [6.07, 6.45) is 1.84. The Balaban J connectivity index is 2.15. The maximum absolute atomic E-state index is 12.6. The molecule has 2 heterocycles. The summed E-state index contributed by atoms with van der Waals surface area (Å²) in [5, 5.41) is 8.76. The van der Waals surface area contributed by atoms with Crippen molar-refractivity contribution in [1.82, 2.24) is 24.5 Å². The zero-order valence-electron chi connectivity index (χ0n) is 13.9. The summed E-state index contributed by atoms with van der Waals surface area (Å²) < 4.78 is 4.45. The van der Waals surface area contributed by atoms with Gasteiger partial charge in [-0.25, -0.2) is 0 Å². The summed E-state index contributed by atoms with van der Waals surface area (Å²) in [6, 6.07) is -0.340. The Labute approximate surface area is 139 Å². The fourth-order valence-electron chi connectivity index (χ4n) is 2.45. The number of amides is 1. The number of hydrogen-bond acceptors (Lipinski definition) is 3. The number of nitrogens with zero attached hydrogens (tertiary/aromatic N) is 5. The lowest BCUT2D eigenvalue weighted by atomic mass is 10.1. The highest BCUT2D eigenvalue weighted by molar-refractivity contribution is 9.10. The van der Waals surface area contributed by atoms with Gasteiger partial charge in [0.25, 0.3) is 0 Å². The molecular weight excluding hydrogens is 346 g/mol. The van der Waals surface area contributed by atoms with Crippen molar-refractivity contribution in [2.45, 2.75) is 40.3 Å². The Morgan fingerprint density at radius 1 is 1.32 bits per heavy atom. The Kier molecular flexibility index (Phi) is 4.75. The maximum atomic E-state index is 12.6. The minimum absolute atomic E-state index is 0.0256. The first kappa shape index (κ1) is 16.7. The van der Waals surface area contributed by atoms with Crippen LogP contribution in [0, 0.1) is 20.8 Å². The van der Waals surface area contributed by atoms with Gasteiger partial charge in [-0.15, -0.1) is 0 Å². The first-order valence-corrected chi connectivity index (χ1v) is 7.97. The number of carbonyl (C=O) groups is 1. The molecule has 0 aliphatic rings. The molecule has 0 saturated carbocycles. The molecule has 0 spiro atoms. The molecule has 0 aliphatic carbocycles. The predicted octanol–water partition coefficient (Wildman–Crippen LogP) is 2.52. The number of carbonyl (C=O) groups excluding carboxylic acids is 1. The van der Waals surface area contributed by atoms with Crippen molar-refractivity contribution in [2.24, 2.45) is 7.05 Å². The van der Waals surface area contributed by atoms with E-state index < -0.39 is 0 Å². The van der Waals surface area contributed by atoms with Crippen LogP contribution in [0.2, 0.25) is 0 Å². The van der Waals surface area contributed by atoms with Crippen molar-refractivity contribution in [3.8, 4) is 0 Å². The molecule has 2 aromatic rings. The SMILES string of the molecule is Cc1nn(C(C)C(=O)N(C)Cc2c(C)nn(C)c2C)cc1Br. The average molecular weight is 368 g/mol. The highest BCUT2D eigenvalue weighted by Gasteiger charge is 2.22. The number of aryl methyl sites for hydroxylation is 3. The van der Waals surface area contributed by atoms with E-state index in [1.54, 1.807) is 9.58 Å². The van der Waals surface area contributed by atoms with E-state index in [4.69, 9.17) is 0 Å². The Morgan fingerprint density at radius 2 is 1.95 bits per heavy atom. The van der Waals surface area contributed by atoms with Crippen LogP contribution >= 0.6 is 15.9 Å². The molecule has 7 heteroatoms. The summed E-state index contributed by atoms with van der Waals surface area (Å²) in [5.41, 5.74) is 4.03. The summed E-state index contributed by atoms with van der Waals surface area (Å²) in [5.74, 6) is 0.0256. The lowest BCUT2D eigenvalue weighted by molar-refractivity contribution is -0.133. The van der Waals surface area contributed by atoms with Crippen LogP contribution in [0.5, 0.6) is 0 Å². The third kappa shape index (κ3) is 3.09. The van der Waals surface area contributed by atoms with Crippen LogP contribution in [0.4, 0.5) is 0 Å². The van der Waals surface area contributed by atoms with E-state index in [0.717, 1.165) is 27.1 Å². The van der Waals surface area contributed by atoms with Crippen molar-refractivity contribution < 1.29 is 4.79 Å². The average Bonchev–Trinajstić information content (AvgIpc) is 2.91. The minimum Gasteiger partial charge on any atom is -0.339 e. The monoisotopic (exact) mass is 367 g/mol. The maximum Gasteiger partial charge on any atom is 0.247 e. The second-order valence-corrected chi connectivity index (χ2v) is 6.54. The predicted molar refractivity (Wildman–Crippen MR) is 88.5 cm³/mol. The topological polar surface area (TPSA) is 56.0 Å². The van der Waals surface area contributed by atoms with E-state index in [1.807, 2.05) is 52.7 Å². The summed E-state index contributed by atoms with van der Waals surface area (Å²) in [4.78, 5) is 14.3. The molecule has 1 amide bonds. The smallest absolute Gasteiger partial charge is 0.247 e. The third-order valence-electron chi connectivity index (χ3n) is 4.04. The quantitative estimate of drug-likeness (QED) is 0.833. The minimum atomic E-state index is -0.340. The number of rotatable bonds is 4. The number of likely N-dealkylation sites (N-methyl/N-ethyl adjacent to an activating group) is 1. The van der Waals surface area contributed by atoms with Crippen molar-refractivity contribution in [3.05, 3.63) is 33.3 Å². The lowest BCUT2D eigenvalue weighted by Gasteiger charge is -2.22. The van der Waals surface area contributed by atoms with E-state index in [2.05, 4.69) is 26.1 Å². The largest absolute Gasteiger partial charge is 0.339 e. The van der Waals surface area contributed by atoms with E-state index in [1.165, 1.54) is 0 Å². The molecular formula is C15H22BrN5O. The second-order valence-electron chi connectivity index (χ2n) is 5.69. The molecule has 2 rings (SSSR count). The molecule has 0 N–H and O–H groups in total. The first-order valence-electron chi connectivity index (χ1n) is 7.17. The summed E-state index contributed by atoms with van der Waals surface area (Å²) in [6.45, 7) is 8.31. The van der Waals surface area contributed by atoms with Gasteiger partial charge in [0.1, 0.15) is 6.04 Å². The number of aromatic nitrogens is 4. The van der Waals surface area contributed by atoms with Gasteiger partial charge in [0.05, 0.1) is 15.9 Å². The van der Waals surface area contributed by atoms with Crippen LogP contribution in [0.15, 0.2) is 10.7 Å². The zero-order chi connectivity index (χ0) is 16.6. The molecule has 0 saturated heterocycles. The van der Waals surface area contributed by atoms with E-state index >= 15 is 0 Å². The van der Waals surface area contributed by atoms with Gasteiger partial charge in [-0.2, -0.15) is 10.2 Å². The van der Waals surface area contributed by atoms with Gasteiger partial charge in [0, 0.05) is 38.1 Å². The standard InChI is InChI=1S/C15H22BrN5O/c1-9-13(11(3)20(6)17-9)7-19(5)15(22)12(4)21-8-14(16)10(2)18-21/h8,12H,7H2,1-6H3. The van der Waals surface area contributed by atoms with Gasteiger partial charge in [0.15, 0.2) is 0 Å². The van der Waals surface area contributed by atoms with Gasteiger partial charge in [-0.1, -0.05) is 0 Å². The lowest BCUT2D eigenvalue weighted by Crippen LogP contribution is -2.33. The number of halogens is 1. The molecule has 1 unspecified atom stereocenters. The molecule has 0 radical (unpaired) electrons. The van der Waals surface area contributed by atoms with Gasteiger partial charge in [-0.3, -0.25) is 14.2 Å². The fourth-order valence-corrected chi connectivity index (χ4v) is 2.74. The highest BCUT2D eigenvalue weighted by atomic mass is 79.9. The van der Waals surface area contributed by atoms with E-state index in [9.17, 15) is 4.79 Å². The van der Waals surface area contributed by atoms with Crippen molar-refractivity contribution in [1.29, 1.82) is 0 Å². The molecule has 0 aliphatic heterocycles. The van der Waals surface area contributed by atoms with Gasteiger partial charge < -0.3 is 4.90 Å². The molecule has 0 bridgehead atoms. The van der Waals surface area contributed by atoms with Crippen LogP contribution in [0.25, 0.3) is 0 Å². The van der Waals surface area contributed by atoms with Crippen LogP contribution in [0.1, 0.15) is 35.6 Å². The Morgan fingerprint density at radius 3 is 2.41 bits per heavy atom. The van der Waals surface area contributed by atoms with Crippen LogP contribution < -0.4 is 0 Å². The normalized spacial score (nSPS) is 12.5. The third-order valence-corrected chi connectivity index (χ3v) is 4.82. The highest BCUT2D eigenvalue weighted by Crippen LogP contribution is 2.19. The van der Waals surface area contributed by atoms with Crippen LogP contribution in [-0.2, 0) is 18.4 Å². The molecule has 0 aromatic carbocycles. The molecule has 6 nitrogen and oxygen atoms in total. The molecule has 120 valence electrons. The van der Waals surface area contributed by atoms with Gasteiger partial charge in [0.2, 0.25) is 5.91 Å². The number of hydrogen-bond donors (Lipinski definition) is 0. The van der Waals surface area contributed by atoms with E-state index in [-0.39, 0.29) is 11.9 Å². The van der Waals surface area contributed by atoms with Gasteiger partial charge >= 0.3 is 0 Å². The van der Waals surface area contributed by atoms with Gasteiger partial charge in [-0.05, 0) is 43.6 Å². The fraction of sp³-hybridized carbons (Fsp3) is 0.533. The summed E-state index contributed by atoms with van der Waals surface area (Å²) in [7, 11) is 3.73. The van der Waals surface area contributed by atoms with E-state index in [0.29, 0.717) is 6.54 Å². The second kappa shape index (κ2) is 6.24. The molecule has 0 fully saturated rings. The van der Waals surface area contributed by atoms with Crippen molar-refractivity contribution in [3.63, 3.8) is 0 Å². The van der Waals surface area contributed by atoms with Crippen molar-refractivity contribution >= 4 is 21.8 Å². The van der Waals surface area contributed by atoms with Crippen molar-refractivity contribution in [2.75, 3.05) is 7.05 Å². The molecule has 2 aromatic heterocycles. The van der Waals surface area contributed by atoms with Crippen LogP contribution in [-0.4, -0.2) is 37.4 Å². The Bertz CT molecular complexity index is 684. The molecule has 1 atom stereocenters.